The van der Waals surface area contributed by atoms with Crippen molar-refractivity contribution in [1.82, 2.24) is 14.8 Å². The Labute approximate surface area is 210 Å². The van der Waals surface area contributed by atoms with Crippen LogP contribution in [0, 0.1) is 5.82 Å². The van der Waals surface area contributed by atoms with Crippen molar-refractivity contribution in [2.75, 3.05) is 19.6 Å². The first kappa shape index (κ1) is 25.8. The number of halogens is 1. The summed E-state index contributed by atoms with van der Waals surface area (Å²) in [6, 6.07) is 9.75. The van der Waals surface area contributed by atoms with Gasteiger partial charge in [-0.25, -0.2) is 9.37 Å². The highest BCUT2D eigenvalue weighted by Gasteiger charge is 2.40. The minimum atomic E-state index is -1.09. The Morgan fingerprint density at radius 1 is 1.17 bits per heavy atom. The Morgan fingerprint density at radius 2 is 1.83 bits per heavy atom. The summed E-state index contributed by atoms with van der Waals surface area (Å²) in [5.74, 6) is -0.397. The van der Waals surface area contributed by atoms with Gasteiger partial charge in [-0.05, 0) is 63.9 Å². The first-order valence-corrected chi connectivity index (χ1v) is 12.3. The number of furan rings is 1. The maximum absolute atomic E-state index is 13.6. The molecule has 1 aliphatic heterocycles. The minimum absolute atomic E-state index is 0.0284. The number of hydrogen-bond donors (Lipinski definition) is 1. The summed E-state index contributed by atoms with van der Waals surface area (Å²) in [5, 5.41) is 10.0. The van der Waals surface area contributed by atoms with E-state index < -0.39 is 11.1 Å². The molecule has 0 aliphatic carbocycles. The van der Waals surface area contributed by atoms with Gasteiger partial charge in [0.05, 0.1) is 23.3 Å². The highest BCUT2D eigenvalue weighted by Crippen LogP contribution is 2.33. The Kier molecular flexibility index (Phi) is 6.68. The zero-order chi connectivity index (χ0) is 26.4. The Balaban J connectivity index is 1.63. The van der Waals surface area contributed by atoms with Crippen LogP contribution in [0.3, 0.4) is 0 Å². The van der Waals surface area contributed by atoms with Crippen LogP contribution in [0.4, 0.5) is 4.39 Å². The third kappa shape index (κ3) is 5.28. The molecule has 0 unspecified atom stereocenters. The van der Waals surface area contributed by atoms with Gasteiger partial charge in [0.15, 0.2) is 11.3 Å². The fourth-order valence-electron chi connectivity index (χ4n) is 4.71. The lowest BCUT2D eigenvalue weighted by Gasteiger charge is -2.47. The van der Waals surface area contributed by atoms with E-state index in [1.54, 1.807) is 41.8 Å². The predicted octanol–water partition coefficient (Wildman–Crippen LogP) is 4.98. The molecule has 2 aromatic heterocycles. The molecule has 1 aromatic carbocycles. The molecule has 1 fully saturated rings. The molecule has 1 N–H and O–H groups in total. The fraction of sp³-hybridized carbons (Fsp3) is 0.464. The second kappa shape index (κ2) is 9.32. The van der Waals surface area contributed by atoms with E-state index in [2.05, 4.69) is 0 Å². The summed E-state index contributed by atoms with van der Waals surface area (Å²) in [6.45, 7) is 12.2. The van der Waals surface area contributed by atoms with Crippen LogP contribution in [0.2, 0.25) is 0 Å². The van der Waals surface area contributed by atoms with E-state index in [1.807, 2.05) is 33.8 Å². The first-order chi connectivity index (χ1) is 16.7. The van der Waals surface area contributed by atoms with Crippen LogP contribution in [-0.2, 0) is 4.79 Å². The average molecular weight is 496 g/mol. The van der Waals surface area contributed by atoms with Gasteiger partial charge in [0.1, 0.15) is 11.3 Å². The highest BCUT2D eigenvalue weighted by atomic mass is 19.1. The standard InChI is InChI=1S/C28H34FN3O4/c1-17(2)20-13-21(18-7-9-19(29)10-8-18)30-22-14-23(36-25(20)22)26(34)32-12-11-31(16-27(32,3)4)24(33)15-28(5,6)35/h7-10,13-14,17,35H,11-12,15-16H2,1-6H3. The monoisotopic (exact) mass is 495 g/mol. The Bertz CT molecular complexity index is 1290. The first-order valence-electron chi connectivity index (χ1n) is 12.3. The molecule has 0 saturated carbocycles. The van der Waals surface area contributed by atoms with Crippen molar-refractivity contribution in [1.29, 1.82) is 0 Å². The average Bonchev–Trinajstić information content (AvgIpc) is 3.20. The number of nitrogens with zero attached hydrogens (tertiary/aromatic N) is 3. The molecular weight excluding hydrogens is 461 g/mol. The molecule has 7 nitrogen and oxygen atoms in total. The number of aromatic nitrogens is 1. The zero-order valence-corrected chi connectivity index (χ0v) is 21.8. The number of pyridine rings is 1. The largest absolute Gasteiger partial charge is 0.449 e. The second-order valence-electron chi connectivity index (χ2n) is 11.2. The lowest BCUT2D eigenvalue weighted by Crippen LogP contribution is -2.62. The molecule has 8 heteroatoms. The number of benzene rings is 1. The van der Waals surface area contributed by atoms with Crippen LogP contribution in [-0.4, -0.2) is 62.5 Å². The normalized spacial score (nSPS) is 16.1. The highest BCUT2D eigenvalue weighted by molar-refractivity contribution is 5.97. The summed E-state index contributed by atoms with van der Waals surface area (Å²) in [5.41, 5.74) is 1.80. The van der Waals surface area contributed by atoms with Crippen LogP contribution in [0.25, 0.3) is 22.4 Å². The van der Waals surface area contributed by atoms with Gasteiger partial charge in [-0.3, -0.25) is 9.59 Å². The van der Waals surface area contributed by atoms with E-state index in [9.17, 15) is 19.1 Å². The molecule has 0 atom stereocenters. The number of piperazine rings is 1. The lowest BCUT2D eigenvalue weighted by atomic mass is 9.96. The van der Waals surface area contributed by atoms with E-state index in [4.69, 9.17) is 9.40 Å². The molecule has 1 saturated heterocycles. The van der Waals surface area contributed by atoms with Crippen LogP contribution < -0.4 is 0 Å². The molecule has 3 heterocycles. The van der Waals surface area contributed by atoms with Gasteiger partial charge >= 0.3 is 0 Å². The van der Waals surface area contributed by atoms with Crippen LogP contribution in [0.15, 0.2) is 40.8 Å². The number of aliphatic hydroxyl groups is 1. The molecule has 36 heavy (non-hydrogen) atoms. The van der Waals surface area contributed by atoms with Crippen LogP contribution >= 0.6 is 0 Å². The predicted molar refractivity (Wildman–Crippen MR) is 136 cm³/mol. The molecule has 4 rings (SSSR count). The van der Waals surface area contributed by atoms with Gasteiger partial charge < -0.3 is 19.3 Å². The number of fused-ring (bicyclic) bond motifs is 1. The van der Waals surface area contributed by atoms with Crippen LogP contribution in [0.1, 0.15) is 70.0 Å². The lowest BCUT2D eigenvalue weighted by molar-refractivity contribution is -0.139. The molecule has 0 spiro atoms. The maximum atomic E-state index is 13.6. The third-order valence-corrected chi connectivity index (χ3v) is 6.56. The zero-order valence-electron chi connectivity index (χ0n) is 21.8. The van der Waals surface area contributed by atoms with E-state index in [0.29, 0.717) is 36.4 Å². The fourth-order valence-corrected chi connectivity index (χ4v) is 4.71. The van der Waals surface area contributed by atoms with E-state index in [0.717, 1.165) is 11.1 Å². The Morgan fingerprint density at radius 3 is 2.42 bits per heavy atom. The van der Waals surface area contributed by atoms with Gasteiger partial charge in [-0.1, -0.05) is 13.8 Å². The number of carbonyl (C=O) groups is 2. The van der Waals surface area contributed by atoms with Gasteiger partial charge in [0, 0.05) is 36.8 Å². The van der Waals surface area contributed by atoms with E-state index in [1.165, 1.54) is 12.1 Å². The third-order valence-electron chi connectivity index (χ3n) is 6.56. The summed E-state index contributed by atoms with van der Waals surface area (Å²) in [7, 11) is 0. The molecule has 2 amide bonds. The van der Waals surface area contributed by atoms with E-state index in [-0.39, 0.29) is 35.7 Å². The summed E-state index contributed by atoms with van der Waals surface area (Å²) in [4.78, 5) is 34.4. The van der Waals surface area contributed by atoms with Crippen molar-refractivity contribution >= 4 is 22.9 Å². The Hall–Kier alpha value is -3.26. The quantitative estimate of drug-likeness (QED) is 0.539. The number of hydrogen-bond acceptors (Lipinski definition) is 5. The van der Waals surface area contributed by atoms with Crippen molar-refractivity contribution in [2.24, 2.45) is 0 Å². The topological polar surface area (TPSA) is 86.9 Å². The van der Waals surface area contributed by atoms with Crippen molar-refractivity contribution in [3.05, 3.63) is 53.5 Å². The van der Waals surface area contributed by atoms with E-state index >= 15 is 0 Å². The van der Waals surface area contributed by atoms with Crippen molar-refractivity contribution in [3.8, 4) is 11.3 Å². The number of amides is 2. The summed E-state index contributed by atoms with van der Waals surface area (Å²) < 4.78 is 19.5. The van der Waals surface area contributed by atoms with Crippen molar-refractivity contribution in [2.45, 2.75) is 65.0 Å². The molecule has 1 aliphatic rings. The number of carbonyl (C=O) groups excluding carboxylic acids is 2. The molecule has 192 valence electrons. The van der Waals surface area contributed by atoms with Crippen LogP contribution in [0.5, 0.6) is 0 Å². The molecule has 0 radical (unpaired) electrons. The summed E-state index contributed by atoms with van der Waals surface area (Å²) >= 11 is 0. The minimum Gasteiger partial charge on any atom is -0.449 e. The molecule has 3 aromatic rings. The maximum Gasteiger partial charge on any atom is 0.290 e. The molecular formula is C28H34FN3O4. The smallest absolute Gasteiger partial charge is 0.290 e. The molecule has 0 bridgehead atoms. The number of rotatable bonds is 5. The van der Waals surface area contributed by atoms with Gasteiger partial charge in [0.25, 0.3) is 5.91 Å². The second-order valence-corrected chi connectivity index (χ2v) is 11.2. The van der Waals surface area contributed by atoms with Gasteiger partial charge in [-0.2, -0.15) is 0 Å². The van der Waals surface area contributed by atoms with Gasteiger partial charge in [0.2, 0.25) is 5.91 Å². The SMILES string of the molecule is CC(C)c1cc(-c2ccc(F)cc2)nc2cc(C(=O)N3CCN(C(=O)CC(C)(C)O)CC3(C)C)oc12. The summed E-state index contributed by atoms with van der Waals surface area (Å²) in [6.07, 6.45) is 0.0284. The van der Waals surface area contributed by atoms with Crippen molar-refractivity contribution < 1.29 is 23.5 Å². The van der Waals surface area contributed by atoms with Crippen molar-refractivity contribution in [3.63, 3.8) is 0 Å². The van der Waals surface area contributed by atoms with Gasteiger partial charge in [-0.15, -0.1) is 0 Å².